The molecule has 2 N–H and O–H groups in total. The number of halogens is 1. The zero-order valence-electron chi connectivity index (χ0n) is 18.4. The zero-order valence-corrected chi connectivity index (χ0v) is 18.4. The standard InChI is InChI=1S/C27H28FN3O2/c28-23-13-7-9-20(17-23)18-31-16-8-12-22(19-31)26(32)30-25(21-10-3-1-4-11-21)27(33)29-24-14-5-2-6-15-24/h1-7,9-11,13-15,17,22,25H,8,12,16,18-19H2,(H,29,33)(H,30,32). The Balaban J connectivity index is 1.44. The fraction of sp³-hybridized carbons (Fsp3) is 0.259. The molecular formula is C27H28FN3O2. The molecule has 0 aromatic heterocycles. The number of likely N-dealkylation sites (tertiary alicyclic amines) is 1. The predicted octanol–water partition coefficient (Wildman–Crippen LogP) is 4.53. The lowest BCUT2D eigenvalue weighted by Gasteiger charge is -2.33. The van der Waals surface area contributed by atoms with Crippen LogP contribution in [0, 0.1) is 11.7 Å². The molecule has 0 radical (unpaired) electrons. The third-order valence-corrected chi connectivity index (χ3v) is 5.89. The number of hydrogen-bond donors (Lipinski definition) is 2. The molecule has 1 heterocycles. The van der Waals surface area contributed by atoms with Gasteiger partial charge in [-0.2, -0.15) is 0 Å². The van der Waals surface area contributed by atoms with E-state index in [1.54, 1.807) is 6.07 Å². The molecule has 33 heavy (non-hydrogen) atoms. The minimum absolute atomic E-state index is 0.143. The molecule has 4 rings (SSSR count). The van der Waals surface area contributed by atoms with Crippen molar-refractivity contribution >= 4 is 17.5 Å². The number of nitrogens with zero attached hydrogens (tertiary/aromatic N) is 1. The van der Waals surface area contributed by atoms with Crippen molar-refractivity contribution in [2.45, 2.75) is 25.4 Å². The van der Waals surface area contributed by atoms with Crippen molar-refractivity contribution in [1.82, 2.24) is 10.2 Å². The second-order valence-electron chi connectivity index (χ2n) is 8.41. The van der Waals surface area contributed by atoms with Crippen molar-refractivity contribution in [3.8, 4) is 0 Å². The number of rotatable bonds is 7. The van der Waals surface area contributed by atoms with Crippen molar-refractivity contribution in [3.63, 3.8) is 0 Å². The summed E-state index contributed by atoms with van der Waals surface area (Å²) in [5.41, 5.74) is 2.30. The quantitative estimate of drug-likeness (QED) is 0.562. The number of anilines is 1. The van der Waals surface area contributed by atoms with Crippen LogP contribution in [0.4, 0.5) is 10.1 Å². The SMILES string of the molecule is O=C(NC(C(=O)Nc1ccccc1)c1ccccc1)C1CCCN(Cc2cccc(F)c2)C1. The second kappa shape index (κ2) is 10.9. The fourth-order valence-corrected chi connectivity index (χ4v) is 4.25. The summed E-state index contributed by atoms with van der Waals surface area (Å²) in [6.45, 7) is 2.03. The van der Waals surface area contributed by atoms with Gasteiger partial charge in [-0.25, -0.2) is 4.39 Å². The van der Waals surface area contributed by atoms with E-state index in [0.29, 0.717) is 18.8 Å². The van der Waals surface area contributed by atoms with Crippen LogP contribution in [0.1, 0.15) is 30.0 Å². The van der Waals surface area contributed by atoms with Gasteiger partial charge in [-0.1, -0.05) is 60.7 Å². The molecule has 3 aromatic rings. The van der Waals surface area contributed by atoms with Gasteiger partial charge < -0.3 is 10.6 Å². The molecule has 6 heteroatoms. The lowest BCUT2D eigenvalue weighted by molar-refractivity contribution is -0.130. The normalized spacial score (nSPS) is 17.2. The average molecular weight is 446 g/mol. The van der Waals surface area contributed by atoms with Gasteiger partial charge in [-0.3, -0.25) is 14.5 Å². The minimum atomic E-state index is -0.794. The van der Waals surface area contributed by atoms with Gasteiger partial charge >= 0.3 is 0 Å². The number of para-hydroxylation sites is 1. The van der Waals surface area contributed by atoms with Gasteiger partial charge in [0.2, 0.25) is 5.91 Å². The highest BCUT2D eigenvalue weighted by atomic mass is 19.1. The van der Waals surface area contributed by atoms with E-state index in [0.717, 1.165) is 30.5 Å². The predicted molar refractivity (Wildman–Crippen MR) is 127 cm³/mol. The maximum Gasteiger partial charge on any atom is 0.251 e. The van der Waals surface area contributed by atoms with Crippen LogP contribution >= 0.6 is 0 Å². The Morgan fingerprint density at radius 1 is 0.970 bits per heavy atom. The summed E-state index contributed by atoms with van der Waals surface area (Å²) in [5, 5.41) is 5.87. The van der Waals surface area contributed by atoms with E-state index in [2.05, 4.69) is 15.5 Å². The van der Waals surface area contributed by atoms with E-state index in [1.807, 2.05) is 66.7 Å². The zero-order chi connectivity index (χ0) is 23.0. The summed E-state index contributed by atoms with van der Waals surface area (Å²) in [6, 6.07) is 24.2. The Bertz CT molecular complexity index is 1070. The Labute approximate surface area is 193 Å². The lowest BCUT2D eigenvalue weighted by Crippen LogP contribution is -2.45. The van der Waals surface area contributed by atoms with Crippen LogP contribution in [0.15, 0.2) is 84.9 Å². The molecule has 3 aromatic carbocycles. The molecule has 0 aliphatic carbocycles. The summed E-state index contributed by atoms with van der Waals surface area (Å²) in [6.07, 6.45) is 1.63. The summed E-state index contributed by atoms with van der Waals surface area (Å²) in [5.74, 6) is -0.916. The van der Waals surface area contributed by atoms with Crippen LogP contribution in [0.25, 0.3) is 0 Å². The Kier molecular flexibility index (Phi) is 7.47. The van der Waals surface area contributed by atoms with Crippen LogP contribution in [0.5, 0.6) is 0 Å². The molecule has 2 atom stereocenters. The van der Waals surface area contributed by atoms with Crippen LogP contribution in [0.3, 0.4) is 0 Å². The van der Waals surface area contributed by atoms with E-state index in [-0.39, 0.29) is 23.5 Å². The summed E-state index contributed by atoms with van der Waals surface area (Å²) in [4.78, 5) is 28.5. The maximum absolute atomic E-state index is 13.5. The van der Waals surface area contributed by atoms with Gasteiger partial charge in [-0.05, 0) is 54.8 Å². The number of amides is 2. The van der Waals surface area contributed by atoms with Gasteiger partial charge in [0.1, 0.15) is 11.9 Å². The molecule has 1 aliphatic rings. The van der Waals surface area contributed by atoms with Crippen molar-refractivity contribution in [2.24, 2.45) is 5.92 Å². The summed E-state index contributed by atoms with van der Waals surface area (Å²) < 4.78 is 13.5. The van der Waals surface area contributed by atoms with Crippen molar-refractivity contribution in [2.75, 3.05) is 18.4 Å². The highest BCUT2D eigenvalue weighted by molar-refractivity contribution is 5.98. The Morgan fingerprint density at radius 2 is 1.70 bits per heavy atom. The first kappa shape index (κ1) is 22.7. The largest absolute Gasteiger partial charge is 0.340 e. The average Bonchev–Trinajstić information content (AvgIpc) is 2.84. The lowest BCUT2D eigenvalue weighted by atomic mass is 9.95. The van der Waals surface area contributed by atoms with Crippen LogP contribution < -0.4 is 10.6 Å². The highest BCUT2D eigenvalue weighted by Crippen LogP contribution is 2.22. The van der Waals surface area contributed by atoms with Gasteiger partial charge in [-0.15, -0.1) is 0 Å². The molecule has 1 saturated heterocycles. The number of carbonyl (C=O) groups is 2. The molecule has 2 unspecified atom stereocenters. The number of piperidine rings is 1. The van der Waals surface area contributed by atoms with Crippen molar-refractivity contribution in [3.05, 3.63) is 102 Å². The van der Waals surface area contributed by atoms with E-state index < -0.39 is 6.04 Å². The van der Waals surface area contributed by atoms with E-state index in [9.17, 15) is 14.0 Å². The molecule has 0 bridgehead atoms. The molecular weight excluding hydrogens is 417 g/mol. The molecule has 2 amide bonds. The topological polar surface area (TPSA) is 61.4 Å². The van der Waals surface area contributed by atoms with E-state index >= 15 is 0 Å². The number of benzene rings is 3. The first-order chi connectivity index (χ1) is 16.1. The molecule has 1 aliphatic heterocycles. The molecule has 0 spiro atoms. The summed E-state index contributed by atoms with van der Waals surface area (Å²) >= 11 is 0. The van der Waals surface area contributed by atoms with Crippen LogP contribution in [-0.4, -0.2) is 29.8 Å². The molecule has 0 saturated carbocycles. The number of carbonyl (C=O) groups excluding carboxylic acids is 2. The van der Waals surface area contributed by atoms with Gasteiger partial charge in [0, 0.05) is 18.8 Å². The van der Waals surface area contributed by atoms with Crippen molar-refractivity contribution in [1.29, 1.82) is 0 Å². The smallest absolute Gasteiger partial charge is 0.251 e. The number of hydrogen-bond acceptors (Lipinski definition) is 3. The van der Waals surface area contributed by atoms with Crippen molar-refractivity contribution < 1.29 is 14.0 Å². The first-order valence-corrected chi connectivity index (χ1v) is 11.3. The highest BCUT2D eigenvalue weighted by Gasteiger charge is 2.30. The fourth-order valence-electron chi connectivity index (χ4n) is 4.25. The second-order valence-corrected chi connectivity index (χ2v) is 8.41. The van der Waals surface area contributed by atoms with Gasteiger partial charge in [0.15, 0.2) is 0 Å². The first-order valence-electron chi connectivity index (χ1n) is 11.3. The molecule has 5 nitrogen and oxygen atoms in total. The minimum Gasteiger partial charge on any atom is -0.340 e. The van der Waals surface area contributed by atoms with Gasteiger partial charge in [0.05, 0.1) is 5.92 Å². The molecule has 170 valence electrons. The third-order valence-electron chi connectivity index (χ3n) is 5.89. The van der Waals surface area contributed by atoms with Gasteiger partial charge in [0.25, 0.3) is 5.91 Å². The third kappa shape index (κ3) is 6.26. The number of nitrogens with one attached hydrogen (secondary N) is 2. The van der Waals surface area contributed by atoms with E-state index in [4.69, 9.17) is 0 Å². The monoisotopic (exact) mass is 445 g/mol. The van der Waals surface area contributed by atoms with Crippen LogP contribution in [-0.2, 0) is 16.1 Å². The Hall–Kier alpha value is -3.51. The van der Waals surface area contributed by atoms with Crippen LogP contribution in [0.2, 0.25) is 0 Å². The Morgan fingerprint density at radius 3 is 2.42 bits per heavy atom. The summed E-state index contributed by atoms with van der Waals surface area (Å²) in [7, 11) is 0. The molecule has 1 fully saturated rings. The van der Waals surface area contributed by atoms with E-state index in [1.165, 1.54) is 12.1 Å². The maximum atomic E-state index is 13.5.